The smallest absolute Gasteiger partial charge is 0.313 e. The Labute approximate surface area is 104 Å². The van der Waals surface area contributed by atoms with Crippen molar-refractivity contribution >= 4 is 40.7 Å². The average Bonchev–Trinajstić information content (AvgIpc) is 2.29. The van der Waals surface area contributed by atoms with Crippen LogP contribution in [0.4, 0.5) is 5.69 Å². The summed E-state index contributed by atoms with van der Waals surface area (Å²) in [6, 6.07) is 13.0. The Balaban J connectivity index is 0.00000144. The van der Waals surface area contributed by atoms with Gasteiger partial charge in [0, 0.05) is 11.1 Å². The molecule has 3 N–H and O–H groups in total. The van der Waals surface area contributed by atoms with Crippen molar-refractivity contribution in [1.82, 2.24) is 0 Å². The summed E-state index contributed by atoms with van der Waals surface area (Å²) in [5.74, 6) is -1.80. The fourth-order valence-corrected chi connectivity index (χ4v) is 1.52. The van der Waals surface area contributed by atoms with Gasteiger partial charge in [-0.2, -0.15) is 0 Å². The number of carbonyl (C=O) groups excluding carboxylic acids is 2. The number of nitrogens with two attached hydrogens (primary N) is 1. The molecule has 17 heavy (non-hydrogen) atoms. The second-order valence-electron chi connectivity index (χ2n) is 3.35. The molecule has 0 bridgehead atoms. The summed E-state index contributed by atoms with van der Waals surface area (Å²) in [6.07, 6.45) is 0. The minimum absolute atomic E-state index is 0. The Morgan fingerprint density at radius 3 is 2.35 bits per heavy atom. The molecule has 2 aromatic rings. The van der Waals surface area contributed by atoms with Gasteiger partial charge < -0.3 is 11.1 Å². The number of primary amides is 1. The van der Waals surface area contributed by atoms with Crippen molar-refractivity contribution in [2.75, 3.05) is 5.32 Å². The van der Waals surface area contributed by atoms with Gasteiger partial charge in [-0.25, -0.2) is 0 Å². The van der Waals surface area contributed by atoms with Gasteiger partial charge in [0.15, 0.2) is 0 Å². The van der Waals surface area contributed by atoms with E-state index in [-0.39, 0.29) is 12.4 Å². The van der Waals surface area contributed by atoms with E-state index in [1.165, 1.54) is 0 Å². The molecule has 0 saturated heterocycles. The van der Waals surface area contributed by atoms with E-state index in [4.69, 9.17) is 5.73 Å². The van der Waals surface area contributed by atoms with Crippen LogP contribution in [0.2, 0.25) is 0 Å². The largest absolute Gasteiger partial charge is 0.361 e. The Hall–Kier alpha value is -2.07. The molecule has 88 valence electrons. The number of benzene rings is 2. The zero-order chi connectivity index (χ0) is 11.5. The highest BCUT2D eigenvalue weighted by molar-refractivity contribution is 6.39. The maximum atomic E-state index is 11.2. The topological polar surface area (TPSA) is 72.2 Å². The summed E-state index contributed by atoms with van der Waals surface area (Å²) in [7, 11) is 0. The van der Waals surface area contributed by atoms with Crippen LogP contribution in [0, 0.1) is 0 Å². The van der Waals surface area contributed by atoms with E-state index in [2.05, 4.69) is 5.32 Å². The number of fused-ring (bicyclic) bond motifs is 1. The first-order chi connectivity index (χ1) is 7.68. The molecule has 0 fully saturated rings. The van der Waals surface area contributed by atoms with Crippen molar-refractivity contribution in [2.24, 2.45) is 5.73 Å². The number of nitrogens with one attached hydrogen (secondary N) is 1. The SMILES string of the molecule is Cl.NC(=O)C(=O)Nc1cccc2ccccc12. The van der Waals surface area contributed by atoms with Gasteiger partial charge >= 0.3 is 11.8 Å². The zero-order valence-electron chi connectivity index (χ0n) is 8.84. The summed E-state index contributed by atoms with van der Waals surface area (Å²) in [6.45, 7) is 0. The fourth-order valence-electron chi connectivity index (χ4n) is 1.52. The lowest BCUT2D eigenvalue weighted by atomic mass is 10.1. The van der Waals surface area contributed by atoms with E-state index in [0.29, 0.717) is 5.69 Å². The first-order valence-corrected chi connectivity index (χ1v) is 4.77. The zero-order valence-corrected chi connectivity index (χ0v) is 9.66. The highest BCUT2D eigenvalue weighted by atomic mass is 35.5. The highest BCUT2D eigenvalue weighted by Gasteiger charge is 2.09. The molecular weight excluding hydrogens is 240 g/mol. The van der Waals surface area contributed by atoms with Crippen LogP contribution in [0.3, 0.4) is 0 Å². The van der Waals surface area contributed by atoms with Crippen molar-refractivity contribution in [3.05, 3.63) is 42.5 Å². The van der Waals surface area contributed by atoms with Crippen molar-refractivity contribution < 1.29 is 9.59 Å². The van der Waals surface area contributed by atoms with Crippen LogP contribution in [0.1, 0.15) is 0 Å². The van der Waals surface area contributed by atoms with Crippen molar-refractivity contribution in [3.8, 4) is 0 Å². The molecule has 0 radical (unpaired) electrons. The van der Waals surface area contributed by atoms with Crippen LogP contribution in [0.15, 0.2) is 42.5 Å². The Morgan fingerprint density at radius 2 is 1.65 bits per heavy atom. The molecular formula is C12H11ClN2O2. The maximum Gasteiger partial charge on any atom is 0.313 e. The third-order valence-electron chi connectivity index (χ3n) is 2.26. The Morgan fingerprint density at radius 1 is 1.00 bits per heavy atom. The van der Waals surface area contributed by atoms with E-state index in [1.807, 2.05) is 30.3 Å². The lowest BCUT2D eigenvalue weighted by molar-refractivity contribution is -0.134. The van der Waals surface area contributed by atoms with E-state index in [9.17, 15) is 9.59 Å². The number of halogens is 1. The molecule has 0 aliphatic heterocycles. The molecule has 0 saturated carbocycles. The molecule has 2 aromatic carbocycles. The average molecular weight is 251 g/mol. The standard InChI is InChI=1S/C12H10N2O2.ClH/c13-11(15)12(16)14-10-7-3-5-8-4-1-2-6-9(8)10;/h1-7H,(H2,13,15)(H,14,16);1H. The van der Waals surface area contributed by atoms with Crippen molar-refractivity contribution in [2.45, 2.75) is 0 Å². The normalized spacial score (nSPS) is 9.41. The second-order valence-corrected chi connectivity index (χ2v) is 3.35. The number of anilines is 1. The molecule has 0 atom stereocenters. The summed E-state index contributed by atoms with van der Waals surface area (Å²) in [4.78, 5) is 21.8. The first-order valence-electron chi connectivity index (χ1n) is 4.77. The van der Waals surface area contributed by atoms with Crippen molar-refractivity contribution in [1.29, 1.82) is 0 Å². The van der Waals surface area contributed by atoms with Crippen LogP contribution >= 0.6 is 12.4 Å². The maximum absolute atomic E-state index is 11.2. The number of amides is 2. The Kier molecular flexibility index (Phi) is 4.06. The summed E-state index contributed by atoms with van der Waals surface area (Å²) < 4.78 is 0. The lowest BCUT2D eigenvalue weighted by Gasteiger charge is -2.06. The predicted molar refractivity (Wildman–Crippen MR) is 69.0 cm³/mol. The van der Waals surface area contributed by atoms with Crippen LogP contribution in [0.5, 0.6) is 0 Å². The van der Waals surface area contributed by atoms with E-state index >= 15 is 0 Å². The van der Waals surface area contributed by atoms with E-state index < -0.39 is 11.8 Å². The number of carbonyl (C=O) groups is 2. The fraction of sp³-hybridized carbons (Fsp3) is 0. The van der Waals surface area contributed by atoms with Crippen LogP contribution in [0.25, 0.3) is 10.8 Å². The molecule has 4 nitrogen and oxygen atoms in total. The quantitative estimate of drug-likeness (QED) is 0.756. The summed E-state index contributed by atoms with van der Waals surface area (Å²) in [5.41, 5.74) is 5.46. The lowest BCUT2D eigenvalue weighted by Crippen LogP contribution is -2.29. The Bertz CT molecular complexity index is 564. The predicted octanol–water partition coefficient (Wildman–Crippen LogP) is 1.69. The van der Waals surface area contributed by atoms with Gasteiger partial charge in [0.2, 0.25) is 0 Å². The second kappa shape index (κ2) is 5.32. The third-order valence-corrected chi connectivity index (χ3v) is 2.26. The number of hydrogen-bond acceptors (Lipinski definition) is 2. The highest BCUT2D eigenvalue weighted by Crippen LogP contribution is 2.22. The first kappa shape index (κ1) is 13.0. The van der Waals surface area contributed by atoms with Crippen molar-refractivity contribution in [3.63, 3.8) is 0 Å². The van der Waals surface area contributed by atoms with E-state index in [0.717, 1.165) is 10.8 Å². The van der Waals surface area contributed by atoms with Gasteiger partial charge in [0.1, 0.15) is 0 Å². The van der Waals surface area contributed by atoms with Gasteiger partial charge in [-0.3, -0.25) is 9.59 Å². The third kappa shape index (κ3) is 2.73. The van der Waals surface area contributed by atoms with Crippen LogP contribution in [-0.2, 0) is 9.59 Å². The molecule has 0 aliphatic carbocycles. The molecule has 0 heterocycles. The van der Waals surface area contributed by atoms with Crippen LogP contribution < -0.4 is 11.1 Å². The number of hydrogen-bond donors (Lipinski definition) is 2. The monoisotopic (exact) mass is 250 g/mol. The summed E-state index contributed by atoms with van der Waals surface area (Å²) in [5, 5.41) is 4.34. The molecule has 2 amide bonds. The molecule has 5 heteroatoms. The van der Waals surface area contributed by atoms with Crippen LogP contribution in [-0.4, -0.2) is 11.8 Å². The van der Waals surface area contributed by atoms with Gasteiger partial charge in [0.05, 0.1) is 0 Å². The minimum Gasteiger partial charge on any atom is -0.361 e. The molecule has 0 unspecified atom stereocenters. The van der Waals surface area contributed by atoms with Gasteiger partial charge in [-0.15, -0.1) is 12.4 Å². The van der Waals surface area contributed by atoms with Gasteiger partial charge in [-0.05, 0) is 11.5 Å². The van der Waals surface area contributed by atoms with E-state index in [1.54, 1.807) is 12.1 Å². The molecule has 0 spiro atoms. The molecule has 2 rings (SSSR count). The van der Waals surface area contributed by atoms with Gasteiger partial charge in [0.25, 0.3) is 0 Å². The van der Waals surface area contributed by atoms with Gasteiger partial charge in [-0.1, -0.05) is 36.4 Å². The summed E-state index contributed by atoms with van der Waals surface area (Å²) >= 11 is 0. The molecule has 0 aliphatic rings. The minimum atomic E-state index is -0.993. The molecule has 0 aromatic heterocycles. The number of rotatable bonds is 1.